The van der Waals surface area contributed by atoms with Gasteiger partial charge in [-0.3, -0.25) is 4.79 Å². The van der Waals surface area contributed by atoms with Crippen LogP contribution in [0.15, 0.2) is 36.5 Å². The van der Waals surface area contributed by atoms with Crippen molar-refractivity contribution in [2.45, 2.75) is 0 Å². The first-order valence-electron chi connectivity index (χ1n) is 4.71. The average molecular weight is 217 g/mol. The fourth-order valence-electron chi connectivity index (χ4n) is 1.39. The van der Waals surface area contributed by atoms with Crippen molar-refractivity contribution in [2.24, 2.45) is 5.73 Å². The van der Waals surface area contributed by atoms with Gasteiger partial charge in [-0.1, -0.05) is 18.2 Å². The minimum absolute atomic E-state index is 0.131. The summed E-state index contributed by atoms with van der Waals surface area (Å²) in [5.41, 5.74) is 6.16. The summed E-state index contributed by atoms with van der Waals surface area (Å²) >= 11 is 0. The van der Waals surface area contributed by atoms with Crippen molar-refractivity contribution in [3.8, 4) is 11.4 Å². The van der Waals surface area contributed by atoms with Gasteiger partial charge in [0.2, 0.25) is 0 Å². The molecule has 16 heavy (non-hydrogen) atoms. The molecule has 2 rings (SSSR count). The summed E-state index contributed by atoms with van der Waals surface area (Å²) in [6.07, 6.45) is 1.62. The number of rotatable bonds is 3. The number of amides is 1. The number of primary amides is 1. The van der Waals surface area contributed by atoms with E-state index in [0.717, 1.165) is 5.69 Å². The van der Waals surface area contributed by atoms with Crippen LogP contribution < -0.4 is 10.5 Å². The molecule has 0 atom stereocenters. The molecule has 2 aromatic rings. The highest BCUT2D eigenvalue weighted by Gasteiger charge is 2.14. The lowest BCUT2D eigenvalue weighted by Gasteiger charge is -1.98. The molecule has 1 aromatic carbocycles. The molecule has 82 valence electrons. The zero-order chi connectivity index (χ0) is 11.5. The zero-order valence-corrected chi connectivity index (χ0v) is 8.75. The number of aromatic nitrogens is 2. The van der Waals surface area contributed by atoms with Gasteiger partial charge < -0.3 is 10.5 Å². The highest BCUT2D eigenvalue weighted by atomic mass is 16.5. The van der Waals surface area contributed by atoms with E-state index in [1.54, 1.807) is 10.9 Å². The third-order valence-corrected chi connectivity index (χ3v) is 2.15. The maximum absolute atomic E-state index is 11.1. The summed E-state index contributed by atoms with van der Waals surface area (Å²) in [5, 5.41) is 4.07. The maximum Gasteiger partial charge on any atom is 0.273 e. The van der Waals surface area contributed by atoms with E-state index in [2.05, 4.69) is 5.10 Å². The van der Waals surface area contributed by atoms with Crippen LogP contribution in [0.3, 0.4) is 0 Å². The van der Waals surface area contributed by atoms with Gasteiger partial charge in [0.1, 0.15) is 0 Å². The van der Waals surface area contributed by atoms with Crippen LogP contribution in [0.5, 0.6) is 5.75 Å². The molecule has 0 aliphatic carbocycles. The second-order valence-corrected chi connectivity index (χ2v) is 3.19. The summed E-state index contributed by atoms with van der Waals surface area (Å²) in [4.78, 5) is 11.1. The Bertz CT molecular complexity index is 505. The third kappa shape index (κ3) is 1.75. The number of hydrogen-bond acceptors (Lipinski definition) is 3. The fourth-order valence-corrected chi connectivity index (χ4v) is 1.39. The number of nitrogens with zero attached hydrogens (tertiary/aromatic N) is 2. The number of benzene rings is 1. The van der Waals surface area contributed by atoms with Crippen LogP contribution in [0.1, 0.15) is 10.5 Å². The van der Waals surface area contributed by atoms with Crippen LogP contribution in [0.25, 0.3) is 5.69 Å². The topological polar surface area (TPSA) is 70.1 Å². The number of hydrogen-bond donors (Lipinski definition) is 1. The second-order valence-electron chi connectivity index (χ2n) is 3.19. The number of para-hydroxylation sites is 1. The summed E-state index contributed by atoms with van der Waals surface area (Å²) in [6.45, 7) is 0. The summed E-state index contributed by atoms with van der Waals surface area (Å²) in [5.74, 6) is -0.233. The van der Waals surface area contributed by atoms with Gasteiger partial charge in [0, 0.05) is 0 Å². The van der Waals surface area contributed by atoms with Crippen LogP contribution >= 0.6 is 0 Å². The molecule has 0 radical (unpaired) electrons. The van der Waals surface area contributed by atoms with E-state index in [0.29, 0.717) is 5.75 Å². The number of carbonyl (C=O) groups excluding carboxylic acids is 1. The number of carbonyl (C=O) groups is 1. The highest BCUT2D eigenvalue weighted by Crippen LogP contribution is 2.18. The van der Waals surface area contributed by atoms with Crippen LogP contribution in [0, 0.1) is 0 Å². The Kier molecular flexibility index (Phi) is 2.59. The minimum Gasteiger partial charge on any atom is -0.493 e. The van der Waals surface area contributed by atoms with Crippen molar-refractivity contribution in [1.82, 2.24) is 9.78 Å². The molecular weight excluding hydrogens is 206 g/mol. The van der Waals surface area contributed by atoms with E-state index in [1.807, 2.05) is 30.3 Å². The first kappa shape index (κ1) is 10.2. The molecule has 0 aliphatic heterocycles. The smallest absolute Gasteiger partial charge is 0.273 e. The lowest BCUT2D eigenvalue weighted by Crippen LogP contribution is -2.13. The van der Waals surface area contributed by atoms with Gasteiger partial charge in [0.25, 0.3) is 5.91 Å². The molecule has 5 heteroatoms. The average Bonchev–Trinajstić information content (AvgIpc) is 2.74. The Morgan fingerprint density at radius 2 is 2.06 bits per heavy atom. The van der Waals surface area contributed by atoms with Crippen molar-refractivity contribution in [1.29, 1.82) is 0 Å². The predicted octanol–water partition coefficient (Wildman–Crippen LogP) is 0.980. The number of ether oxygens (including phenoxy) is 1. The Morgan fingerprint density at radius 1 is 1.38 bits per heavy atom. The molecule has 0 saturated heterocycles. The molecule has 5 nitrogen and oxygen atoms in total. The van der Waals surface area contributed by atoms with E-state index >= 15 is 0 Å². The summed E-state index contributed by atoms with van der Waals surface area (Å²) in [6, 6.07) is 9.41. The largest absolute Gasteiger partial charge is 0.493 e. The van der Waals surface area contributed by atoms with E-state index in [-0.39, 0.29) is 5.69 Å². The minimum atomic E-state index is -0.605. The molecule has 0 fully saturated rings. The van der Waals surface area contributed by atoms with Crippen LogP contribution in [0.2, 0.25) is 0 Å². The van der Waals surface area contributed by atoms with E-state index in [9.17, 15) is 4.79 Å². The van der Waals surface area contributed by atoms with Gasteiger partial charge in [-0.15, -0.1) is 0 Å². The van der Waals surface area contributed by atoms with Gasteiger partial charge in [-0.25, -0.2) is 4.68 Å². The second kappa shape index (κ2) is 4.06. The Labute approximate surface area is 92.4 Å². The quantitative estimate of drug-likeness (QED) is 0.833. The van der Waals surface area contributed by atoms with Gasteiger partial charge in [0.05, 0.1) is 19.0 Å². The lowest BCUT2D eigenvalue weighted by molar-refractivity contribution is 0.0992. The highest BCUT2D eigenvalue weighted by molar-refractivity contribution is 5.93. The fraction of sp³-hybridized carbons (Fsp3) is 0.0909. The maximum atomic E-state index is 11.1. The molecular formula is C11H11N3O2. The number of methoxy groups -OCH3 is 1. The lowest BCUT2D eigenvalue weighted by atomic mass is 10.3. The molecule has 1 aromatic heterocycles. The zero-order valence-electron chi connectivity index (χ0n) is 8.75. The first-order chi connectivity index (χ1) is 7.72. The Hall–Kier alpha value is -2.30. The SMILES string of the molecule is COc1cn(-c2ccccc2)nc1C(N)=O. The van der Waals surface area contributed by atoms with Crippen LogP contribution in [0.4, 0.5) is 0 Å². The Balaban J connectivity index is 2.48. The van der Waals surface area contributed by atoms with Crippen molar-refractivity contribution >= 4 is 5.91 Å². The standard InChI is InChI=1S/C11H11N3O2/c1-16-9-7-14(13-10(9)11(12)15)8-5-3-2-4-6-8/h2-7H,1H3,(H2,12,15). The van der Waals surface area contributed by atoms with Gasteiger partial charge in [-0.2, -0.15) is 5.10 Å². The molecule has 1 amide bonds. The first-order valence-corrected chi connectivity index (χ1v) is 4.71. The van der Waals surface area contributed by atoms with Crippen molar-refractivity contribution in [2.75, 3.05) is 7.11 Å². The third-order valence-electron chi connectivity index (χ3n) is 2.15. The Morgan fingerprint density at radius 3 is 2.56 bits per heavy atom. The van der Waals surface area contributed by atoms with Crippen molar-refractivity contribution < 1.29 is 9.53 Å². The van der Waals surface area contributed by atoms with Crippen molar-refractivity contribution in [3.05, 3.63) is 42.2 Å². The predicted molar refractivity (Wildman–Crippen MR) is 58.6 cm³/mol. The molecule has 0 aliphatic rings. The molecule has 0 saturated carbocycles. The normalized spacial score (nSPS) is 10.1. The van der Waals surface area contributed by atoms with E-state index in [1.165, 1.54) is 7.11 Å². The van der Waals surface area contributed by atoms with Gasteiger partial charge >= 0.3 is 0 Å². The van der Waals surface area contributed by atoms with E-state index in [4.69, 9.17) is 10.5 Å². The molecule has 0 unspecified atom stereocenters. The summed E-state index contributed by atoms with van der Waals surface area (Å²) < 4.78 is 6.58. The summed E-state index contributed by atoms with van der Waals surface area (Å²) in [7, 11) is 1.47. The van der Waals surface area contributed by atoms with Crippen molar-refractivity contribution in [3.63, 3.8) is 0 Å². The number of nitrogens with two attached hydrogens (primary N) is 1. The molecule has 0 spiro atoms. The molecule has 1 heterocycles. The van der Waals surface area contributed by atoms with Crippen LogP contribution in [-0.4, -0.2) is 22.8 Å². The monoisotopic (exact) mass is 217 g/mol. The molecule has 2 N–H and O–H groups in total. The van der Waals surface area contributed by atoms with E-state index < -0.39 is 5.91 Å². The van der Waals surface area contributed by atoms with Crippen LogP contribution in [-0.2, 0) is 0 Å². The van der Waals surface area contributed by atoms with Gasteiger partial charge in [0.15, 0.2) is 11.4 Å². The molecule has 0 bridgehead atoms. The van der Waals surface area contributed by atoms with Gasteiger partial charge in [-0.05, 0) is 12.1 Å².